The fraction of sp³-hybridized carbons (Fsp3) is 0.417. The summed E-state index contributed by atoms with van der Waals surface area (Å²) in [6, 6.07) is 9.68. The number of rotatable bonds is 12. The molecule has 7 heteroatoms. The molecule has 0 aliphatic carbocycles. The van der Waals surface area contributed by atoms with Gasteiger partial charge in [0.1, 0.15) is 5.16 Å². The fourth-order valence-electron chi connectivity index (χ4n) is 3.57. The van der Waals surface area contributed by atoms with E-state index in [1.54, 1.807) is 36.4 Å². The molecule has 0 spiro atoms. The van der Waals surface area contributed by atoms with Crippen molar-refractivity contribution in [2.24, 2.45) is 0 Å². The average molecular weight is 520 g/mol. The SMILES string of the molecule is CCCCCCCCCC(P)(C(=O)c1c(Cl)cccc1Cl)C(=O)c1c(Cl)cccc1Cl. The second kappa shape index (κ2) is 12.6. The topological polar surface area (TPSA) is 34.1 Å². The largest absolute Gasteiger partial charge is 0.293 e. The molecule has 0 saturated heterocycles. The zero-order valence-electron chi connectivity index (χ0n) is 17.5. The van der Waals surface area contributed by atoms with Crippen molar-refractivity contribution in [3.05, 3.63) is 67.6 Å². The number of ketones is 2. The zero-order chi connectivity index (χ0) is 23.0. The molecule has 0 aliphatic rings. The molecule has 2 aromatic carbocycles. The van der Waals surface area contributed by atoms with Gasteiger partial charge in [0, 0.05) is 0 Å². The Morgan fingerprint density at radius 1 is 0.710 bits per heavy atom. The van der Waals surface area contributed by atoms with Crippen molar-refractivity contribution >= 4 is 67.2 Å². The molecule has 2 nitrogen and oxygen atoms in total. The van der Waals surface area contributed by atoms with E-state index in [1.807, 2.05) is 0 Å². The predicted molar refractivity (Wildman–Crippen MR) is 137 cm³/mol. The highest BCUT2D eigenvalue weighted by Gasteiger charge is 2.44. The van der Waals surface area contributed by atoms with Crippen LogP contribution in [-0.4, -0.2) is 16.7 Å². The van der Waals surface area contributed by atoms with Gasteiger partial charge in [-0.15, -0.1) is 9.24 Å². The van der Waals surface area contributed by atoms with Crippen molar-refractivity contribution in [1.29, 1.82) is 0 Å². The van der Waals surface area contributed by atoms with Crippen LogP contribution in [0.25, 0.3) is 0 Å². The van der Waals surface area contributed by atoms with E-state index in [1.165, 1.54) is 19.3 Å². The van der Waals surface area contributed by atoms with E-state index in [9.17, 15) is 9.59 Å². The minimum atomic E-state index is -1.47. The van der Waals surface area contributed by atoms with E-state index in [-0.39, 0.29) is 31.2 Å². The molecule has 1 unspecified atom stereocenters. The Kier molecular flexibility index (Phi) is 10.8. The lowest BCUT2D eigenvalue weighted by Crippen LogP contribution is -2.41. The number of halogens is 4. The van der Waals surface area contributed by atoms with Gasteiger partial charge in [-0.05, 0) is 30.7 Å². The maximum absolute atomic E-state index is 13.7. The summed E-state index contributed by atoms with van der Waals surface area (Å²) in [7, 11) is 2.46. The standard InChI is InChI=1S/C24H27Cl4O2P/c1-2-3-4-5-6-7-8-15-24(31,22(29)20-16(25)11-9-12-17(20)26)23(30)21-18(27)13-10-14-19(21)28/h9-14H,2-8,15,31H2,1H3. The summed E-state index contributed by atoms with van der Waals surface area (Å²) in [4.78, 5) is 27.3. The van der Waals surface area contributed by atoms with Crippen LogP contribution >= 0.6 is 55.6 Å². The fourth-order valence-corrected chi connectivity index (χ4v) is 5.20. The first kappa shape index (κ1) is 26.6. The number of hydrogen-bond acceptors (Lipinski definition) is 2. The molecule has 1 atom stereocenters. The van der Waals surface area contributed by atoms with Crippen molar-refractivity contribution in [2.75, 3.05) is 0 Å². The van der Waals surface area contributed by atoms with Gasteiger partial charge in [-0.1, -0.05) is 110 Å². The molecule has 0 amide bonds. The van der Waals surface area contributed by atoms with Gasteiger partial charge < -0.3 is 0 Å². The first-order valence-electron chi connectivity index (χ1n) is 10.5. The first-order valence-corrected chi connectivity index (χ1v) is 12.6. The van der Waals surface area contributed by atoms with Crippen molar-refractivity contribution < 1.29 is 9.59 Å². The van der Waals surface area contributed by atoms with Gasteiger partial charge in [0.15, 0.2) is 11.6 Å². The third-order valence-corrected chi connectivity index (χ3v) is 7.44. The Hall–Kier alpha value is -0.630. The minimum absolute atomic E-state index is 0.139. The van der Waals surface area contributed by atoms with Gasteiger partial charge in [0.25, 0.3) is 0 Å². The molecule has 0 radical (unpaired) electrons. The Bertz CT molecular complexity index is 826. The summed E-state index contributed by atoms with van der Waals surface area (Å²) >= 11 is 25.2. The number of carbonyl (C=O) groups excluding carboxylic acids is 2. The summed E-state index contributed by atoms with van der Waals surface area (Å²) in [6.07, 6.45) is 7.77. The average Bonchev–Trinajstić information content (AvgIpc) is 2.72. The zero-order valence-corrected chi connectivity index (χ0v) is 21.7. The highest BCUT2D eigenvalue weighted by molar-refractivity contribution is 7.23. The van der Waals surface area contributed by atoms with E-state index in [4.69, 9.17) is 46.4 Å². The lowest BCUT2D eigenvalue weighted by Gasteiger charge is -2.28. The van der Waals surface area contributed by atoms with Crippen molar-refractivity contribution in [3.8, 4) is 0 Å². The summed E-state index contributed by atoms with van der Waals surface area (Å²) in [5.74, 6) is -0.889. The molecular weight excluding hydrogens is 493 g/mol. The van der Waals surface area contributed by atoms with Crippen molar-refractivity contribution in [2.45, 2.75) is 63.4 Å². The molecule has 31 heavy (non-hydrogen) atoms. The third kappa shape index (κ3) is 6.68. The van der Waals surface area contributed by atoms with Crippen LogP contribution in [0.2, 0.25) is 20.1 Å². The molecule has 0 heterocycles. The Morgan fingerprint density at radius 3 is 1.45 bits per heavy atom. The lowest BCUT2D eigenvalue weighted by atomic mass is 9.84. The highest BCUT2D eigenvalue weighted by atomic mass is 35.5. The molecule has 0 aromatic heterocycles. The van der Waals surface area contributed by atoms with E-state index in [2.05, 4.69) is 16.2 Å². The smallest absolute Gasteiger partial charge is 0.183 e. The second-order valence-electron chi connectivity index (χ2n) is 7.69. The maximum Gasteiger partial charge on any atom is 0.183 e. The van der Waals surface area contributed by atoms with Gasteiger partial charge in [-0.2, -0.15) is 0 Å². The van der Waals surface area contributed by atoms with Crippen LogP contribution in [0.3, 0.4) is 0 Å². The summed E-state index contributed by atoms with van der Waals surface area (Å²) < 4.78 is 0. The number of unbranched alkanes of at least 4 members (excludes halogenated alkanes) is 6. The van der Waals surface area contributed by atoms with Crippen LogP contribution in [0, 0.1) is 0 Å². The van der Waals surface area contributed by atoms with Crippen LogP contribution in [-0.2, 0) is 0 Å². The van der Waals surface area contributed by atoms with Gasteiger partial charge in [0.05, 0.1) is 31.2 Å². The van der Waals surface area contributed by atoms with Gasteiger partial charge in [0.2, 0.25) is 0 Å². The van der Waals surface area contributed by atoms with Crippen LogP contribution in [0.5, 0.6) is 0 Å². The molecule has 2 aromatic rings. The second-order valence-corrected chi connectivity index (χ2v) is 10.3. The van der Waals surface area contributed by atoms with Crippen LogP contribution in [0.15, 0.2) is 36.4 Å². The third-order valence-electron chi connectivity index (χ3n) is 5.36. The Morgan fingerprint density at radius 2 is 1.06 bits per heavy atom. The number of carbonyl (C=O) groups is 2. The number of Topliss-reactive ketones (excluding diaryl/α,β-unsaturated/α-hetero) is 2. The molecule has 2 rings (SSSR count). The van der Waals surface area contributed by atoms with Crippen LogP contribution in [0.4, 0.5) is 0 Å². The van der Waals surface area contributed by atoms with Gasteiger partial charge in [-0.25, -0.2) is 0 Å². The van der Waals surface area contributed by atoms with E-state index in [0.717, 1.165) is 19.3 Å². The molecule has 168 valence electrons. The monoisotopic (exact) mass is 518 g/mol. The summed E-state index contributed by atoms with van der Waals surface area (Å²) in [5.41, 5.74) is 0.278. The summed E-state index contributed by atoms with van der Waals surface area (Å²) in [5, 5.41) is -0.625. The maximum atomic E-state index is 13.7. The Labute approximate surface area is 207 Å². The minimum Gasteiger partial charge on any atom is -0.293 e. The lowest BCUT2D eigenvalue weighted by molar-refractivity contribution is 0.0828. The normalized spacial score (nSPS) is 11.5. The molecule has 0 bridgehead atoms. The van der Waals surface area contributed by atoms with Crippen molar-refractivity contribution in [3.63, 3.8) is 0 Å². The van der Waals surface area contributed by atoms with E-state index >= 15 is 0 Å². The summed E-state index contributed by atoms with van der Waals surface area (Å²) in [6.45, 7) is 2.18. The van der Waals surface area contributed by atoms with Gasteiger partial charge in [-0.3, -0.25) is 9.59 Å². The highest BCUT2D eigenvalue weighted by Crippen LogP contribution is 2.40. The van der Waals surface area contributed by atoms with Crippen molar-refractivity contribution in [1.82, 2.24) is 0 Å². The molecule has 0 saturated carbocycles. The molecule has 0 fully saturated rings. The quantitative estimate of drug-likeness (QED) is 0.121. The molecular formula is C24H27Cl4O2P. The first-order chi connectivity index (χ1) is 14.7. The predicted octanol–water partition coefficient (Wildman–Crippen LogP) is 9.12. The van der Waals surface area contributed by atoms with E-state index in [0.29, 0.717) is 12.8 Å². The van der Waals surface area contributed by atoms with Crippen LogP contribution < -0.4 is 0 Å². The van der Waals surface area contributed by atoms with Gasteiger partial charge >= 0.3 is 0 Å². The number of benzene rings is 2. The molecule has 0 N–H and O–H groups in total. The van der Waals surface area contributed by atoms with Crippen LogP contribution in [0.1, 0.15) is 79.0 Å². The number of hydrogen-bond donors (Lipinski definition) is 0. The Balaban J connectivity index is 2.35. The molecule has 0 aliphatic heterocycles. The van der Waals surface area contributed by atoms with E-state index < -0.39 is 16.7 Å².